The highest BCUT2D eigenvalue weighted by molar-refractivity contribution is 5.44. The van der Waals surface area contributed by atoms with Gasteiger partial charge in [-0.15, -0.1) is 0 Å². The Labute approximate surface area is 120 Å². The number of aliphatic hydroxyl groups is 1. The van der Waals surface area contributed by atoms with E-state index in [2.05, 4.69) is 0 Å². The summed E-state index contributed by atoms with van der Waals surface area (Å²) in [6.07, 6.45) is 7.93. The lowest BCUT2D eigenvalue weighted by Crippen LogP contribution is -2.11. The maximum absolute atomic E-state index is 10.4. The molecule has 1 fully saturated rings. The molecule has 1 unspecified atom stereocenters. The van der Waals surface area contributed by atoms with Crippen LogP contribution >= 0.6 is 0 Å². The van der Waals surface area contributed by atoms with E-state index in [1.165, 1.54) is 32.1 Å². The molecule has 0 spiro atoms. The van der Waals surface area contributed by atoms with Gasteiger partial charge in [0.1, 0.15) is 0 Å². The summed E-state index contributed by atoms with van der Waals surface area (Å²) >= 11 is 0. The number of fused-ring (bicyclic) bond motifs is 1. The smallest absolute Gasteiger partial charge is 0.161 e. The van der Waals surface area contributed by atoms with Crippen LogP contribution in [0.3, 0.4) is 0 Å². The zero-order chi connectivity index (χ0) is 13.8. The Bertz CT molecular complexity index is 438. The minimum absolute atomic E-state index is 0.379. The van der Waals surface area contributed by atoms with Crippen LogP contribution in [0, 0.1) is 5.92 Å². The van der Waals surface area contributed by atoms with Crippen molar-refractivity contribution in [2.24, 2.45) is 5.92 Å². The average Bonchev–Trinajstić information content (AvgIpc) is 2.72. The summed E-state index contributed by atoms with van der Waals surface area (Å²) in [5.74, 6) is 2.26. The first kappa shape index (κ1) is 13.7. The molecule has 2 aliphatic rings. The molecule has 1 heterocycles. The van der Waals surface area contributed by atoms with Crippen molar-refractivity contribution >= 4 is 0 Å². The van der Waals surface area contributed by atoms with Crippen LogP contribution in [-0.4, -0.2) is 18.3 Å². The SMILES string of the molecule is OC(CC1CCCCC1)c1ccc2c(c1)OCCCO2. The lowest BCUT2D eigenvalue weighted by Gasteiger charge is -2.24. The molecule has 0 amide bonds. The maximum Gasteiger partial charge on any atom is 0.161 e. The van der Waals surface area contributed by atoms with Crippen molar-refractivity contribution in [1.29, 1.82) is 0 Å². The van der Waals surface area contributed by atoms with Crippen molar-refractivity contribution < 1.29 is 14.6 Å². The van der Waals surface area contributed by atoms with Crippen LogP contribution in [0.25, 0.3) is 0 Å². The minimum Gasteiger partial charge on any atom is -0.490 e. The third-order valence-corrected chi connectivity index (χ3v) is 4.44. The third kappa shape index (κ3) is 3.26. The molecule has 1 aromatic rings. The molecule has 0 bridgehead atoms. The Morgan fingerprint density at radius 1 is 1.00 bits per heavy atom. The second-order valence-electron chi connectivity index (χ2n) is 6.01. The van der Waals surface area contributed by atoms with Crippen LogP contribution in [0.4, 0.5) is 0 Å². The molecule has 1 N–H and O–H groups in total. The van der Waals surface area contributed by atoms with Crippen molar-refractivity contribution in [3.05, 3.63) is 23.8 Å². The van der Waals surface area contributed by atoms with Gasteiger partial charge in [0.25, 0.3) is 0 Å². The molecule has 1 saturated carbocycles. The van der Waals surface area contributed by atoms with E-state index in [4.69, 9.17) is 9.47 Å². The molecule has 0 radical (unpaired) electrons. The average molecular weight is 276 g/mol. The van der Waals surface area contributed by atoms with Gasteiger partial charge in [-0.1, -0.05) is 38.2 Å². The summed E-state index contributed by atoms with van der Waals surface area (Å²) in [4.78, 5) is 0. The second-order valence-corrected chi connectivity index (χ2v) is 6.01. The zero-order valence-electron chi connectivity index (χ0n) is 12.0. The number of hydrogen-bond donors (Lipinski definition) is 1. The van der Waals surface area contributed by atoms with Gasteiger partial charge in [-0.25, -0.2) is 0 Å². The van der Waals surface area contributed by atoms with Crippen LogP contribution in [0.5, 0.6) is 11.5 Å². The number of ether oxygens (including phenoxy) is 2. The fraction of sp³-hybridized carbons (Fsp3) is 0.647. The van der Waals surface area contributed by atoms with Gasteiger partial charge in [0, 0.05) is 6.42 Å². The van der Waals surface area contributed by atoms with E-state index < -0.39 is 0 Å². The monoisotopic (exact) mass is 276 g/mol. The second kappa shape index (κ2) is 6.49. The van der Waals surface area contributed by atoms with E-state index >= 15 is 0 Å². The summed E-state index contributed by atoms with van der Waals surface area (Å²) in [5.41, 5.74) is 0.958. The van der Waals surface area contributed by atoms with Gasteiger partial charge in [0.2, 0.25) is 0 Å². The van der Waals surface area contributed by atoms with Crippen LogP contribution in [0.2, 0.25) is 0 Å². The Morgan fingerprint density at radius 2 is 1.75 bits per heavy atom. The molecule has 0 saturated heterocycles. The summed E-state index contributed by atoms with van der Waals surface area (Å²) in [6, 6.07) is 5.86. The molecule has 0 aromatic heterocycles. The van der Waals surface area contributed by atoms with E-state index in [0.29, 0.717) is 19.1 Å². The molecular weight excluding hydrogens is 252 g/mol. The summed E-state index contributed by atoms with van der Waals surface area (Å²) in [7, 11) is 0. The molecule has 1 aliphatic carbocycles. The Morgan fingerprint density at radius 3 is 2.55 bits per heavy atom. The Balaban J connectivity index is 1.67. The van der Waals surface area contributed by atoms with Crippen LogP contribution in [-0.2, 0) is 0 Å². The lowest BCUT2D eigenvalue weighted by molar-refractivity contribution is 0.131. The number of hydrogen-bond acceptors (Lipinski definition) is 3. The van der Waals surface area contributed by atoms with Crippen LogP contribution in [0.1, 0.15) is 56.6 Å². The first-order chi connectivity index (χ1) is 9.83. The lowest BCUT2D eigenvalue weighted by atomic mass is 9.84. The van der Waals surface area contributed by atoms with Gasteiger partial charge < -0.3 is 14.6 Å². The van der Waals surface area contributed by atoms with Gasteiger partial charge in [0.15, 0.2) is 11.5 Å². The van der Waals surface area contributed by atoms with E-state index in [0.717, 1.165) is 29.9 Å². The number of benzene rings is 1. The van der Waals surface area contributed by atoms with Crippen LogP contribution in [0.15, 0.2) is 18.2 Å². The van der Waals surface area contributed by atoms with Crippen molar-refractivity contribution in [2.75, 3.05) is 13.2 Å². The highest BCUT2D eigenvalue weighted by Crippen LogP contribution is 2.36. The molecule has 1 atom stereocenters. The summed E-state index contributed by atoms with van der Waals surface area (Å²) in [5, 5.41) is 10.4. The van der Waals surface area contributed by atoms with Gasteiger partial charge in [0.05, 0.1) is 19.3 Å². The first-order valence-electron chi connectivity index (χ1n) is 7.90. The van der Waals surface area contributed by atoms with Crippen molar-refractivity contribution in [1.82, 2.24) is 0 Å². The van der Waals surface area contributed by atoms with Crippen molar-refractivity contribution in [2.45, 2.75) is 51.0 Å². The fourth-order valence-corrected chi connectivity index (χ4v) is 3.26. The highest BCUT2D eigenvalue weighted by Gasteiger charge is 2.20. The predicted octanol–water partition coefficient (Wildman–Crippen LogP) is 3.85. The van der Waals surface area contributed by atoms with E-state index in [1.54, 1.807) is 0 Å². The zero-order valence-corrected chi connectivity index (χ0v) is 12.0. The molecule has 3 heteroatoms. The minimum atomic E-state index is -0.379. The van der Waals surface area contributed by atoms with Crippen molar-refractivity contribution in [3.8, 4) is 11.5 Å². The quantitative estimate of drug-likeness (QED) is 0.911. The standard InChI is InChI=1S/C17H24O3/c18-15(11-13-5-2-1-3-6-13)14-7-8-16-17(12-14)20-10-4-9-19-16/h7-8,12-13,15,18H,1-6,9-11H2. The molecule has 1 aromatic carbocycles. The third-order valence-electron chi connectivity index (χ3n) is 4.44. The van der Waals surface area contributed by atoms with Gasteiger partial charge in [-0.3, -0.25) is 0 Å². The summed E-state index contributed by atoms with van der Waals surface area (Å²) < 4.78 is 11.3. The Hall–Kier alpha value is -1.22. The molecule has 3 nitrogen and oxygen atoms in total. The highest BCUT2D eigenvalue weighted by atomic mass is 16.5. The molecule has 20 heavy (non-hydrogen) atoms. The largest absolute Gasteiger partial charge is 0.490 e. The van der Waals surface area contributed by atoms with Crippen molar-refractivity contribution in [3.63, 3.8) is 0 Å². The summed E-state index contributed by atoms with van der Waals surface area (Å²) in [6.45, 7) is 1.39. The topological polar surface area (TPSA) is 38.7 Å². The van der Waals surface area contributed by atoms with E-state index in [1.807, 2.05) is 18.2 Å². The normalized spacial score (nSPS) is 21.2. The van der Waals surface area contributed by atoms with Gasteiger partial charge in [-0.2, -0.15) is 0 Å². The van der Waals surface area contributed by atoms with Gasteiger partial charge >= 0.3 is 0 Å². The molecule has 3 rings (SSSR count). The maximum atomic E-state index is 10.4. The fourth-order valence-electron chi connectivity index (χ4n) is 3.26. The van der Waals surface area contributed by atoms with Gasteiger partial charge in [-0.05, 0) is 30.0 Å². The number of rotatable bonds is 3. The van der Waals surface area contributed by atoms with E-state index in [9.17, 15) is 5.11 Å². The van der Waals surface area contributed by atoms with Crippen LogP contribution < -0.4 is 9.47 Å². The molecule has 1 aliphatic heterocycles. The predicted molar refractivity (Wildman–Crippen MR) is 78.2 cm³/mol. The molecular formula is C17H24O3. The van der Waals surface area contributed by atoms with E-state index in [-0.39, 0.29) is 6.10 Å². The molecule has 110 valence electrons. The first-order valence-corrected chi connectivity index (χ1v) is 7.90. The number of aliphatic hydroxyl groups excluding tert-OH is 1. The Kier molecular flexibility index (Phi) is 4.46.